The van der Waals surface area contributed by atoms with Crippen LogP contribution in [0.5, 0.6) is 0 Å². The van der Waals surface area contributed by atoms with E-state index in [1.165, 1.54) is 243 Å². The first-order valence-corrected chi connectivity index (χ1v) is 34.0. The van der Waals surface area contributed by atoms with Gasteiger partial charge in [0.25, 0.3) is 0 Å². The first-order chi connectivity index (χ1) is 38.2. The Morgan fingerprint density at radius 2 is 0.654 bits per heavy atom. The minimum Gasteiger partial charge on any atom is -0.465 e. The first-order valence-electron chi connectivity index (χ1n) is 34.0. The SMILES string of the molecule is CCCCCCCCCCCCC(CCCCCCCCCCCC)C(=O)OCCCN(CCCOC(=O)C(CCCCCCCCCCCC)CCCCCCCCCCCC)C(=O)C=CC(=O)NCCOCCN(C)C. The van der Waals surface area contributed by atoms with E-state index < -0.39 is 0 Å². The normalized spacial score (nSPS) is 11.7. The third kappa shape index (κ3) is 52.9. The monoisotopic (exact) mass is 1100 g/mol. The van der Waals surface area contributed by atoms with Crippen LogP contribution in [0.4, 0.5) is 0 Å². The molecule has 0 rings (SSSR count). The summed E-state index contributed by atoms with van der Waals surface area (Å²) in [5.74, 6) is -1.00. The summed E-state index contributed by atoms with van der Waals surface area (Å²) in [5.41, 5.74) is 0. The first kappa shape index (κ1) is 75.5. The Hall–Kier alpha value is -2.46. The Kier molecular flexibility index (Phi) is 58.7. The van der Waals surface area contributed by atoms with Crippen molar-refractivity contribution in [2.24, 2.45) is 11.8 Å². The highest BCUT2D eigenvalue weighted by Gasteiger charge is 2.22. The van der Waals surface area contributed by atoms with E-state index in [-0.39, 0.29) is 48.8 Å². The molecule has 0 aromatic heterocycles. The van der Waals surface area contributed by atoms with Crippen LogP contribution in [0, 0.1) is 11.8 Å². The number of esters is 2. The van der Waals surface area contributed by atoms with E-state index in [1.807, 2.05) is 19.0 Å². The van der Waals surface area contributed by atoms with Gasteiger partial charge in [-0.1, -0.05) is 285 Å². The number of hydrogen-bond donors (Lipinski definition) is 1. The molecule has 0 aromatic carbocycles. The molecule has 0 bridgehead atoms. The number of rotatable bonds is 62. The van der Waals surface area contributed by atoms with E-state index in [2.05, 4.69) is 33.0 Å². The quantitative estimate of drug-likeness (QED) is 0.0364. The van der Waals surface area contributed by atoms with Gasteiger partial charge in [0.05, 0.1) is 38.3 Å². The Labute approximate surface area is 484 Å². The van der Waals surface area contributed by atoms with Crippen LogP contribution in [0.15, 0.2) is 12.2 Å². The van der Waals surface area contributed by atoms with Crippen molar-refractivity contribution in [2.45, 2.75) is 323 Å². The van der Waals surface area contributed by atoms with Gasteiger partial charge in [0.2, 0.25) is 11.8 Å². The molecule has 0 aliphatic rings. The number of unbranched alkanes of at least 4 members (excludes halogenated alkanes) is 36. The van der Waals surface area contributed by atoms with Crippen LogP contribution in [-0.4, -0.2) is 100 Å². The summed E-state index contributed by atoms with van der Waals surface area (Å²) >= 11 is 0. The highest BCUT2D eigenvalue weighted by Crippen LogP contribution is 2.24. The maximum absolute atomic E-state index is 13.7. The number of amides is 2. The van der Waals surface area contributed by atoms with Crippen molar-refractivity contribution in [3.05, 3.63) is 12.2 Å². The number of ether oxygens (including phenoxy) is 3. The number of hydrogen-bond acceptors (Lipinski definition) is 8. The average Bonchev–Trinajstić information content (AvgIpc) is 3.43. The maximum atomic E-state index is 13.7. The summed E-state index contributed by atoms with van der Waals surface area (Å²) < 4.78 is 17.6. The van der Waals surface area contributed by atoms with Crippen LogP contribution in [0.2, 0.25) is 0 Å². The van der Waals surface area contributed by atoms with Crippen LogP contribution >= 0.6 is 0 Å². The highest BCUT2D eigenvalue weighted by atomic mass is 16.5. The molecule has 2 amide bonds. The van der Waals surface area contributed by atoms with Gasteiger partial charge < -0.3 is 29.3 Å². The second-order valence-corrected chi connectivity index (χ2v) is 23.7. The van der Waals surface area contributed by atoms with Crippen molar-refractivity contribution >= 4 is 23.8 Å². The highest BCUT2D eigenvalue weighted by molar-refractivity contribution is 5.96. The van der Waals surface area contributed by atoms with Crippen LogP contribution < -0.4 is 5.32 Å². The molecule has 78 heavy (non-hydrogen) atoms. The molecule has 0 aromatic rings. The predicted octanol–water partition coefficient (Wildman–Crippen LogP) is 18.4. The van der Waals surface area contributed by atoms with Gasteiger partial charge in [-0.05, 0) is 52.6 Å². The fourth-order valence-corrected chi connectivity index (χ4v) is 10.6. The van der Waals surface area contributed by atoms with E-state index in [9.17, 15) is 19.2 Å². The molecule has 0 atom stereocenters. The molecule has 10 heteroatoms. The molecule has 0 saturated heterocycles. The topological polar surface area (TPSA) is 114 Å². The number of likely N-dealkylation sites (N-methyl/N-ethyl adjacent to an activating group) is 1. The fourth-order valence-electron chi connectivity index (χ4n) is 10.6. The molecule has 1 N–H and O–H groups in total. The standard InChI is InChI=1S/C68H131N3O7/c1-7-11-15-19-23-27-31-35-39-43-49-63(50-44-40-36-32-28-24-20-16-12-8-2)67(74)77-59-47-56-71(66(73)54-53-65(72)69-55-61-76-62-58-70(5)6)57-48-60-78-68(75)64(51-45-41-37-33-29-25-21-17-13-9-3)52-46-42-38-34-30-26-22-18-14-10-4/h53-54,63-64H,7-52,55-62H2,1-6H3,(H,69,72). The lowest BCUT2D eigenvalue weighted by Gasteiger charge is -2.22. The van der Waals surface area contributed by atoms with Crippen LogP contribution in [-0.2, 0) is 33.4 Å². The number of carbonyl (C=O) groups is 4. The molecule has 10 nitrogen and oxygen atoms in total. The maximum Gasteiger partial charge on any atom is 0.308 e. The molecule has 0 aliphatic heterocycles. The largest absolute Gasteiger partial charge is 0.465 e. The zero-order valence-electron chi connectivity index (χ0n) is 52.7. The van der Waals surface area contributed by atoms with E-state index in [4.69, 9.17) is 14.2 Å². The van der Waals surface area contributed by atoms with E-state index in [0.717, 1.165) is 57.9 Å². The molecule has 0 fully saturated rings. The molecule has 0 heterocycles. The summed E-state index contributed by atoms with van der Waals surface area (Å²) in [6.07, 6.45) is 58.0. The molecule has 0 radical (unpaired) electrons. The minimum absolute atomic E-state index is 0.0839. The lowest BCUT2D eigenvalue weighted by atomic mass is 9.94. The fraction of sp³-hybridized carbons (Fsp3) is 0.912. The summed E-state index contributed by atoms with van der Waals surface area (Å²) in [5, 5.41) is 2.81. The van der Waals surface area contributed by atoms with Crippen molar-refractivity contribution in [1.82, 2.24) is 15.1 Å². The summed E-state index contributed by atoms with van der Waals surface area (Å²) in [4.78, 5) is 57.5. The second-order valence-electron chi connectivity index (χ2n) is 23.7. The summed E-state index contributed by atoms with van der Waals surface area (Å²) in [7, 11) is 3.98. The number of nitrogens with zero attached hydrogens (tertiary/aromatic N) is 2. The van der Waals surface area contributed by atoms with Gasteiger partial charge in [0, 0.05) is 38.3 Å². The van der Waals surface area contributed by atoms with Crippen LogP contribution in [0.3, 0.4) is 0 Å². The van der Waals surface area contributed by atoms with Crippen molar-refractivity contribution < 1.29 is 33.4 Å². The molecule has 460 valence electrons. The number of carbonyl (C=O) groups excluding carboxylic acids is 4. The molecular formula is C68H131N3O7. The lowest BCUT2D eigenvalue weighted by Crippen LogP contribution is -2.34. The van der Waals surface area contributed by atoms with E-state index in [1.54, 1.807) is 4.90 Å². The van der Waals surface area contributed by atoms with Crippen LogP contribution in [0.25, 0.3) is 0 Å². The summed E-state index contributed by atoms with van der Waals surface area (Å²) in [6.45, 7) is 12.4. The Bertz CT molecular complexity index is 1220. The Balaban J connectivity index is 5.56. The minimum atomic E-state index is -0.353. The van der Waals surface area contributed by atoms with Crippen molar-refractivity contribution in [3.8, 4) is 0 Å². The van der Waals surface area contributed by atoms with Crippen molar-refractivity contribution in [3.63, 3.8) is 0 Å². The van der Waals surface area contributed by atoms with Gasteiger partial charge in [-0.15, -0.1) is 0 Å². The van der Waals surface area contributed by atoms with Gasteiger partial charge in [-0.3, -0.25) is 19.2 Å². The number of nitrogens with one attached hydrogen (secondary N) is 1. The molecule has 0 spiro atoms. The van der Waals surface area contributed by atoms with Gasteiger partial charge in [0.15, 0.2) is 0 Å². The van der Waals surface area contributed by atoms with E-state index in [0.29, 0.717) is 45.7 Å². The van der Waals surface area contributed by atoms with Crippen LogP contribution in [0.1, 0.15) is 323 Å². The van der Waals surface area contributed by atoms with Crippen molar-refractivity contribution in [2.75, 3.05) is 66.7 Å². The smallest absolute Gasteiger partial charge is 0.308 e. The molecular weight excluding hydrogens is 971 g/mol. The molecule has 0 unspecified atom stereocenters. The third-order valence-corrected chi connectivity index (χ3v) is 15.8. The van der Waals surface area contributed by atoms with Gasteiger partial charge in [0.1, 0.15) is 0 Å². The van der Waals surface area contributed by atoms with Crippen molar-refractivity contribution in [1.29, 1.82) is 0 Å². The average molecular weight is 1100 g/mol. The predicted molar refractivity (Wildman–Crippen MR) is 332 cm³/mol. The third-order valence-electron chi connectivity index (χ3n) is 15.8. The summed E-state index contributed by atoms with van der Waals surface area (Å²) in [6, 6.07) is 0. The van der Waals surface area contributed by atoms with Gasteiger partial charge in [-0.2, -0.15) is 0 Å². The Morgan fingerprint density at radius 1 is 0.359 bits per heavy atom. The van der Waals surface area contributed by atoms with E-state index >= 15 is 0 Å². The zero-order valence-corrected chi connectivity index (χ0v) is 52.7. The van der Waals surface area contributed by atoms with Gasteiger partial charge in [-0.25, -0.2) is 0 Å². The van der Waals surface area contributed by atoms with Gasteiger partial charge >= 0.3 is 11.9 Å². The molecule has 0 aliphatic carbocycles. The second kappa shape index (κ2) is 60.6. The Morgan fingerprint density at radius 3 is 0.949 bits per heavy atom. The lowest BCUT2D eigenvalue weighted by molar-refractivity contribution is -0.150. The zero-order chi connectivity index (χ0) is 57.0. The molecule has 0 saturated carbocycles.